The average Bonchev–Trinajstić information content (AvgIpc) is 2.60. The van der Waals surface area contributed by atoms with Crippen molar-refractivity contribution in [1.82, 2.24) is 10.2 Å². The third kappa shape index (κ3) is 4.48. The number of benzene rings is 1. The fourth-order valence-electron chi connectivity index (χ4n) is 2.88. The van der Waals surface area contributed by atoms with Gasteiger partial charge in [-0.1, -0.05) is 12.7 Å². The summed E-state index contributed by atoms with van der Waals surface area (Å²) in [5.74, 6) is 1.91. The fraction of sp³-hybridized carbons (Fsp3) is 0.500. The minimum Gasteiger partial charge on any atom is -0.493 e. The van der Waals surface area contributed by atoms with Crippen LogP contribution in [0.15, 0.2) is 30.9 Å². The number of rotatable bonds is 7. The van der Waals surface area contributed by atoms with Crippen LogP contribution in [0, 0.1) is 5.92 Å². The molecule has 1 saturated heterocycles. The Morgan fingerprint density at radius 3 is 2.74 bits per heavy atom. The molecule has 1 amide bonds. The summed E-state index contributed by atoms with van der Waals surface area (Å²) in [6.45, 7) is 6.67. The molecular weight excluding hydrogens is 292 g/mol. The standard InChI is InChI=1S/C18H26N2O3/c1-4-11-23-16-6-5-15(12-17(16)22-3)18(21)20-9-7-14(8-10-20)13-19-2/h4-6,12,14,19H,1,7-11,13H2,2-3H3. The Morgan fingerprint density at radius 2 is 2.13 bits per heavy atom. The zero-order valence-corrected chi connectivity index (χ0v) is 14.0. The van der Waals surface area contributed by atoms with Crippen molar-refractivity contribution < 1.29 is 14.3 Å². The van der Waals surface area contributed by atoms with Gasteiger partial charge in [0, 0.05) is 18.7 Å². The predicted molar refractivity (Wildman–Crippen MR) is 91.2 cm³/mol. The van der Waals surface area contributed by atoms with E-state index in [-0.39, 0.29) is 5.91 Å². The van der Waals surface area contributed by atoms with Gasteiger partial charge in [-0.25, -0.2) is 0 Å². The minimum atomic E-state index is 0.0569. The normalized spacial score (nSPS) is 15.3. The first-order chi connectivity index (χ1) is 11.2. The molecule has 0 bridgehead atoms. The Kier molecular flexibility index (Phi) is 6.47. The van der Waals surface area contributed by atoms with Crippen molar-refractivity contribution in [3.8, 4) is 11.5 Å². The van der Waals surface area contributed by atoms with Crippen LogP contribution in [0.3, 0.4) is 0 Å². The van der Waals surface area contributed by atoms with Crippen LogP contribution in [0.4, 0.5) is 0 Å². The van der Waals surface area contributed by atoms with Crippen molar-refractivity contribution in [2.24, 2.45) is 5.92 Å². The van der Waals surface area contributed by atoms with Gasteiger partial charge in [0.15, 0.2) is 11.5 Å². The van der Waals surface area contributed by atoms with E-state index in [1.54, 1.807) is 31.4 Å². The average molecular weight is 318 g/mol. The molecule has 0 radical (unpaired) electrons. The van der Waals surface area contributed by atoms with Crippen LogP contribution >= 0.6 is 0 Å². The lowest BCUT2D eigenvalue weighted by Gasteiger charge is -2.32. The Hall–Kier alpha value is -2.01. The molecule has 1 heterocycles. The smallest absolute Gasteiger partial charge is 0.253 e. The molecule has 5 nitrogen and oxygen atoms in total. The monoisotopic (exact) mass is 318 g/mol. The van der Waals surface area contributed by atoms with E-state index in [1.807, 2.05) is 11.9 Å². The molecule has 0 spiro atoms. The predicted octanol–water partition coefficient (Wildman–Crippen LogP) is 2.33. The van der Waals surface area contributed by atoms with Crippen molar-refractivity contribution in [1.29, 1.82) is 0 Å². The number of nitrogens with zero attached hydrogens (tertiary/aromatic N) is 1. The summed E-state index contributed by atoms with van der Waals surface area (Å²) in [5.41, 5.74) is 0.639. The number of methoxy groups -OCH3 is 1. The van der Waals surface area contributed by atoms with Gasteiger partial charge >= 0.3 is 0 Å². The summed E-state index contributed by atoms with van der Waals surface area (Å²) >= 11 is 0. The molecule has 1 N–H and O–H groups in total. The van der Waals surface area contributed by atoms with Crippen LogP contribution in [-0.2, 0) is 0 Å². The number of piperidine rings is 1. The van der Waals surface area contributed by atoms with E-state index in [9.17, 15) is 4.79 Å². The van der Waals surface area contributed by atoms with E-state index in [0.717, 1.165) is 32.5 Å². The molecule has 2 rings (SSSR count). The summed E-state index contributed by atoms with van der Waals surface area (Å²) in [6.07, 6.45) is 3.77. The van der Waals surface area contributed by atoms with Gasteiger partial charge in [0.1, 0.15) is 6.61 Å². The number of hydrogen-bond donors (Lipinski definition) is 1. The van der Waals surface area contributed by atoms with Gasteiger partial charge in [-0.3, -0.25) is 4.79 Å². The Labute approximate surface area is 138 Å². The lowest BCUT2D eigenvalue weighted by molar-refractivity contribution is 0.0690. The summed E-state index contributed by atoms with van der Waals surface area (Å²) in [7, 11) is 3.55. The highest BCUT2D eigenvalue weighted by Crippen LogP contribution is 2.29. The second-order valence-corrected chi connectivity index (χ2v) is 5.76. The molecule has 1 aromatic rings. The largest absolute Gasteiger partial charge is 0.493 e. The Morgan fingerprint density at radius 1 is 1.39 bits per heavy atom. The van der Waals surface area contributed by atoms with Crippen LogP contribution in [0.2, 0.25) is 0 Å². The summed E-state index contributed by atoms with van der Waals surface area (Å²) in [4.78, 5) is 14.6. The quantitative estimate of drug-likeness (QED) is 0.784. The maximum absolute atomic E-state index is 12.7. The van der Waals surface area contributed by atoms with E-state index >= 15 is 0 Å². The zero-order valence-electron chi connectivity index (χ0n) is 14.0. The number of nitrogens with one attached hydrogen (secondary N) is 1. The van der Waals surface area contributed by atoms with Crippen LogP contribution < -0.4 is 14.8 Å². The number of likely N-dealkylation sites (tertiary alicyclic amines) is 1. The number of hydrogen-bond acceptors (Lipinski definition) is 4. The van der Waals surface area contributed by atoms with Crippen LogP contribution in [0.1, 0.15) is 23.2 Å². The van der Waals surface area contributed by atoms with E-state index in [0.29, 0.717) is 29.6 Å². The summed E-state index contributed by atoms with van der Waals surface area (Å²) in [5, 5.41) is 3.21. The third-order valence-electron chi connectivity index (χ3n) is 4.16. The second-order valence-electron chi connectivity index (χ2n) is 5.76. The Balaban J connectivity index is 2.03. The number of amides is 1. The molecular formula is C18H26N2O3. The molecule has 1 aliphatic heterocycles. The number of ether oxygens (including phenoxy) is 2. The molecule has 23 heavy (non-hydrogen) atoms. The highest BCUT2D eigenvalue weighted by Gasteiger charge is 2.24. The molecule has 0 aromatic heterocycles. The first-order valence-corrected chi connectivity index (χ1v) is 8.05. The van der Waals surface area contributed by atoms with E-state index in [4.69, 9.17) is 9.47 Å². The van der Waals surface area contributed by atoms with Gasteiger partial charge in [0.2, 0.25) is 0 Å². The second kappa shape index (κ2) is 8.58. The van der Waals surface area contributed by atoms with Crippen LogP contribution in [0.5, 0.6) is 11.5 Å². The Bertz CT molecular complexity index is 537. The fourth-order valence-corrected chi connectivity index (χ4v) is 2.88. The third-order valence-corrected chi connectivity index (χ3v) is 4.16. The highest BCUT2D eigenvalue weighted by atomic mass is 16.5. The molecule has 0 aliphatic carbocycles. The molecule has 126 valence electrons. The van der Waals surface area contributed by atoms with Crippen LogP contribution in [0.25, 0.3) is 0 Å². The van der Waals surface area contributed by atoms with Gasteiger partial charge in [-0.2, -0.15) is 0 Å². The maximum Gasteiger partial charge on any atom is 0.253 e. The van der Waals surface area contributed by atoms with E-state index in [1.165, 1.54) is 0 Å². The van der Waals surface area contributed by atoms with Crippen molar-refractivity contribution in [3.63, 3.8) is 0 Å². The molecule has 0 saturated carbocycles. The van der Waals surface area contributed by atoms with Crippen molar-refractivity contribution in [3.05, 3.63) is 36.4 Å². The number of carbonyl (C=O) groups excluding carboxylic acids is 1. The van der Waals surface area contributed by atoms with Crippen LogP contribution in [-0.4, -0.2) is 51.2 Å². The van der Waals surface area contributed by atoms with Gasteiger partial charge in [-0.15, -0.1) is 0 Å². The number of carbonyl (C=O) groups is 1. The molecule has 1 fully saturated rings. The van der Waals surface area contributed by atoms with E-state index < -0.39 is 0 Å². The van der Waals surface area contributed by atoms with Crippen molar-refractivity contribution in [2.45, 2.75) is 12.8 Å². The lowest BCUT2D eigenvalue weighted by Crippen LogP contribution is -2.40. The summed E-state index contributed by atoms with van der Waals surface area (Å²) < 4.78 is 10.9. The van der Waals surface area contributed by atoms with Crippen molar-refractivity contribution >= 4 is 5.91 Å². The van der Waals surface area contributed by atoms with Gasteiger partial charge in [0.25, 0.3) is 5.91 Å². The zero-order chi connectivity index (χ0) is 16.7. The highest BCUT2D eigenvalue weighted by molar-refractivity contribution is 5.95. The van der Waals surface area contributed by atoms with Gasteiger partial charge in [-0.05, 0) is 50.6 Å². The SMILES string of the molecule is C=CCOc1ccc(C(=O)N2CCC(CNC)CC2)cc1OC. The molecule has 0 unspecified atom stereocenters. The first kappa shape index (κ1) is 17.3. The van der Waals surface area contributed by atoms with Gasteiger partial charge < -0.3 is 19.7 Å². The maximum atomic E-state index is 12.7. The van der Waals surface area contributed by atoms with Crippen molar-refractivity contribution in [2.75, 3.05) is 40.4 Å². The molecule has 5 heteroatoms. The first-order valence-electron chi connectivity index (χ1n) is 8.05. The molecule has 0 atom stereocenters. The summed E-state index contributed by atoms with van der Waals surface area (Å²) in [6, 6.07) is 5.33. The lowest BCUT2D eigenvalue weighted by atomic mass is 9.96. The van der Waals surface area contributed by atoms with Gasteiger partial charge in [0.05, 0.1) is 7.11 Å². The molecule has 1 aromatic carbocycles. The topological polar surface area (TPSA) is 50.8 Å². The van der Waals surface area contributed by atoms with E-state index in [2.05, 4.69) is 11.9 Å². The molecule has 1 aliphatic rings. The minimum absolute atomic E-state index is 0.0569.